The number of benzene rings is 1. The highest BCUT2D eigenvalue weighted by Gasteiger charge is 2.25. The third-order valence-corrected chi connectivity index (χ3v) is 3.72. The van der Waals surface area contributed by atoms with E-state index in [1.54, 1.807) is 0 Å². The topological polar surface area (TPSA) is 58.9 Å². The summed E-state index contributed by atoms with van der Waals surface area (Å²) in [4.78, 5) is 0. The molecule has 0 bridgehead atoms. The molecule has 0 saturated heterocycles. The number of rotatable bonds is 5. The van der Waals surface area contributed by atoms with E-state index >= 15 is 0 Å². The Morgan fingerprint density at radius 3 is 2.75 bits per heavy atom. The van der Waals surface area contributed by atoms with Crippen LogP contribution < -0.4 is 9.47 Å². The van der Waals surface area contributed by atoms with Crippen LogP contribution in [0.5, 0.6) is 11.5 Å². The van der Waals surface area contributed by atoms with E-state index in [4.69, 9.17) is 9.47 Å². The summed E-state index contributed by atoms with van der Waals surface area (Å²) in [6.45, 7) is 2.35. The van der Waals surface area contributed by atoms with Gasteiger partial charge in [0.2, 0.25) is 0 Å². The molecule has 0 radical (unpaired) electrons. The molecule has 1 aliphatic carbocycles. The molecule has 1 aliphatic rings. The van der Waals surface area contributed by atoms with Gasteiger partial charge in [-0.3, -0.25) is 0 Å². The second-order valence-corrected chi connectivity index (χ2v) is 5.20. The van der Waals surface area contributed by atoms with Gasteiger partial charge in [0.05, 0.1) is 19.3 Å². The Balaban J connectivity index is 2.21. The molecule has 1 saturated carbocycles. The van der Waals surface area contributed by atoms with Gasteiger partial charge in [0.1, 0.15) is 6.10 Å². The highest BCUT2D eigenvalue weighted by molar-refractivity contribution is 5.46. The molecule has 0 aliphatic heterocycles. The summed E-state index contributed by atoms with van der Waals surface area (Å²) in [5, 5.41) is 19.6. The summed E-state index contributed by atoms with van der Waals surface area (Å²) in [5.74, 6) is 1.21. The lowest BCUT2D eigenvalue weighted by molar-refractivity contribution is 0.0289. The number of hydrogen-bond acceptors (Lipinski definition) is 4. The second-order valence-electron chi connectivity index (χ2n) is 5.20. The Kier molecular flexibility index (Phi) is 5.68. The van der Waals surface area contributed by atoms with Crippen LogP contribution in [-0.4, -0.2) is 29.0 Å². The SMILES string of the molecule is CCOc1cccc(CO)c1OC1CCCCCC1O. The van der Waals surface area contributed by atoms with Crippen molar-refractivity contribution in [3.63, 3.8) is 0 Å². The molecule has 4 nitrogen and oxygen atoms in total. The van der Waals surface area contributed by atoms with E-state index in [1.807, 2.05) is 25.1 Å². The molecule has 2 rings (SSSR count). The van der Waals surface area contributed by atoms with Crippen molar-refractivity contribution in [2.24, 2.45) is 0 Å². The normalized spacial score (nSPS) is 23.1. The van der Waals surface area contributed by atoms with Crippen molar-refractivity contribution in [2.75, 3.05) is 6.61 Å². The summed E-state index contributed by atoms with van der Waals surface area (Å²) in [6, 6.07) is 5.49. The van der Waals surface area contributed by atoms with Crippen LogP contribution in [0.25, 0.3) is 0 Å². The first kappa shape index (κ1) is 15.1. The summed E-state index contributed by atoms with van der Waals surface area (Å²) in [5.41, 5.74) is 0.701. The van der Waals surface area contributed by atoms with E-state index in [9.17, 15) is 10.2 Å². The molecule has 112 valence electrons. The van der Waals surface area contributed by atoms with Crippen LogP contribution in [0.15, 0.2) is 18.2 Å². The molecule has 0 spiro atoms. The lowest BCUT2D eigenvalue weighted by Crippen LogP contribution is -2.31. The van der Waals surface area contributed by atoms with Gasteiger partial charge in [-0.05, 0) is 32.3 Å². The van der Waals surface area contributed by atoms with Gasteiger partial charge in [0.15, 0.2) is 11.5 Å². The third kappa shape index (κ3) is 3.64. The number of hydrogen-bond donors (Lipinski definition) is 2. The quantitative estimate of drug-likeness (QED) is 0.814. The van der Waals surface area contributed by atoms with Crippen LogP contribution in [-0.2, 0) is 6.61 Å². The molecule has 4 heteroatoms. The van der Waals surface area contributed by atoms with Crippen molar-refractivity contribution in [3.05, 3.63) is 23.8 Å². The lowest BCUT2D eigenvalue weighted by atomic mass is 10.1. The van der Waals surface area contributed by atoms with Crippen molar-refractivity contribution in [1.82, 2.24) is 0 Å². The molecule has 1 aromatic carbocycles. The predicted molar refractivity (Wildman–Crippen MR) is 77.0 cm³/mol. The smallest absolute Gasteiger partial charge is 0.167 e. The van der Waals surface area contributed by atoms with Gasteiger partial charge in [0.25, 0.3) is 0 Å². The summed E-state index contributed by atoms with van der Waals surface area (Å²) in [6.07, 6.45) is 4.19. The van der Waals surface area contributed by atoms with Gasteiger partial charge in [-0.15, -0.1) is 0 Å². The molecule has 1 fully saturated rings. The average molecular weight is 280 g/mol. The maximum absolute atomic E-state index is 10.2. The zero-order chi connectivity index (χ0) is 14.4. The Morgan fingerprint density at radius 2 is 2.00 bits per heavy atom. The monoisotopic (exact) mass is 280 g/mol. The number of aliphatic hydroxyl groups excluding tert-OH is 2. The fraction of sp³-hybridized carbons (Fsp3) is 0.625. The fourth-order valence-electron chi connectivity index (χ4n) is 2.63. The van der Waals surface area contributed by atoms with Gasteiger partial charge < -0.3 is 19.7 Å². The molecule has 0 aromatic heterocycles. The fourth-order valence-corrected chi connectivity index (χ4v) is 2.63. The van der Waals surface area contributed by atoms with Crippen LogP contribution in [0, 0.1) is 0 Å². The second kappa shape index (κ2) is 7.50. The van der Waals surface area contributed by atoms with Gasteiger partial charge in [-0.25, -0.2) is 0 Å². The zero-order valence-electron chi connectivity index (χ0n) is 12.0. The van der Waals surface area contributed by atoms with E-state index in [1.165, 1.54) is 0 Å². The summed E-state index contributed by atoms with van der Waals surface area (Å²) in [7, 11) is 0. The maximum Gasteiger partial charge on any atom is 0.167 e. The van der Waals surface area contributed by atoms with Crippen molar-refractivity contribution >= 4 is 0 Å². The number of para-hydroxylation sites is 1. The van der Waals surface area contributed by atoms with E-state index in [0.717, 1.165) is 32.1 Å². The largest absolute Gasteiger partial charge is 0.490 e. The average Bonchev–Trinajstić information content (AvgIpc) is 2.66. The van der Waals surface area contributed by atoms with E-state index in [2.05, 4.69) is 0 Å². The van der Waals surface area contributed by atoms with E-state index in [0.29, 0.717) is 23.7 Å². The lowest BCUT2D eigenvalue weighted by Gasteiger charge is -2.24. The first-order valence-corrected chi connectivity index (χ1v) is 7.46. The Morgan fingerprint density at radius 1 is 1.20 bits per heavy atom. The van der Waals surface area contributed by atoms with Crippen molar-refractivity contribution in [1.29, 1.82) is 0 Å². The van der Waals surface area contributed by atoms with Crippen LogP contribution >= 0.6 is 0 Å². The zero-order valence-corrected chi connectivity index (χ0v) is 12.0. The van der Waals surface area contributed by atoms with Crippen molar-refractivity contribution in [2.45, 2.75) is 57.8 Å². The molecule has 2 N–H and O–H groups in total. The summed E-state index contributed by atoms with van der Waals surface area (Å²) >= 11 is 0. The van der Waals surface area contributed by atoms with E-state index < -0.39 is 6.10 Å². The van der Waals surface area contributed by atoms with Gasteiger partial charge in [-0.2, -0.15) is 0 Å². The molecule has 0 heterocycles. The third-order valence-electron chi connectivity index (χ3n) is 3.72. The minimum Gasteiger partial charge on any atom is -0.490 e. The van der Waals surface area contributed by atoms with Crippen LogP contribution in [0.1, 0.15) is 44.6 Å². The highest BCUT2D eigenvalue weighted by Crippen LogP contribution is 2.34. The van der Waals surface area contributed by atoms with E-state index in [-0.39, 0.29) is 12.7 Å². The van der Waals surface area contributed by atoms with Crippen molar-refractivity contribution in [3.8, 4) is 11.5 Å². The molecular formula is C16H24O4. The minimum absolute atomic E-state index is 0.0982. The molecular weight excluding hydrogens is 256 g/mol. The Bertz CT molecular complexity index is 419. The van der Waals surface area contributed by atoms with Crippen LogP contribution in [0.3, 0.4) is 0 Å². The molecule has 2 atom stereocenters. The predicted octanol–water partition coefficient (Wildman–Crippen LogP) is 2.65. The highest BCUT2D eigenvalue weighted by atomic mass is 16.5. The summed E-state index contributed by atoms with van der Waals surface area (Å²) < 4.78 is 11.6. The van der Waals surface area contributed by atoms with Gasteiger partial charge in [0, 0.05) is 5.56 Å². The number of ether oxygens (including phenoxy) is 2. The van der Waals surface area contributed by atoms with Gasteiger partial charge >= 0.3 is 0 Å². The first-order valence-electron chi connectivity index (χ1n) is 7.46. The van der Waals surface area contributed by atoms with Gasteiger partial charge in [-0.1, -0.05) is 25.0 Å². The Labute approximate surface area is 120 Å². The van der Waals surface area contributed by atoms with Crippen molar-refractivity contribution < 1.29 is 19.7 Å². The minimum atomic E-state index is -0.446. The maximum atomic E-state index is 10.2. The molecule has 0 amide bonds. The molecule has 2 unspecified atom stereocenters. The van der Waals surface area contributed by atoms with Crippen LogP contribution in [0.2, 0.25) is 0 Å². The molecule has 20 heavy (non-hydrogen) atoms. The Hall–Kier alpha value is -1.26. The number of aliphatic hydroxyl groups is 2. The molecule has 1 aromatic rings. The standard InChI is InChI=1S/C16H24O4/c1-2-19-15-10-6-7-12(11-17)16(15)20-14-9-5-3-4-8-13(14)18/h6-7,10,13-14,17-18H,2-5,8-9,11H2,1H3. The van der Waals surface area contributed by atoms with Crippen LogP contribution in [0.4, 0.5) is 0 Å². The first-order chi connectivity index (χ1) is 9.76.